The van der Waals surface area contributed by atoms with Crippen LogP contribution in [0.1, 0.15) is 13.3 Å². The van der Waals surface area contributed by atoms with E-state index in [1.54, 1.807) is 11.8 Å². The van der Waals surface area contributed by atoms with Crippen molar-refractivity contribution in [3.63, 3.8) is 0 Å². The Hall–Kier alpha value is -1.92. The van der Waals surface area contributed by atoms with Gasteiger partial charge in [-0.05, 0) is 13.3 Å². The Kier molecular flexibility index (Phi) is 2.60. The molecule has 0 aromatic carbocycles. The summed E-state index contributed by atoms with van der Waals surface area (Å²) < 4.78 is 13.5. The molecule has 1 aliphatic rings. The summed E-state index contributed by atoms with van der Waals surface area (Å²) in [5.74, 6) is -0.799. The van der Waals surface area contributed by atoms with Crippen LogP contribution < -0.4 is 16.4 Å². The normalized spacial score (nSPS) is 24.0. The zero-order chi connectivity index (χ0) is 12.6. The zero-order valence-corrected chi connectivity index (χ0v) is 9.48. The summed E-state index contributed by atoms with van der Waals surface area (Å²) in [6, 6.07) is 0. The highest BCUT2D eigenvalue weighted by molar-refractivity contribution is 5.82. The molecule has 17 heavy (non-hydrogen) atoms. The van der Waals surface area contributed by atoms with E-state index in [0.29, 0.717) is 19.5 Å². The monoisotopic (exact) mass is 239 g/mol. The van der Waals surface area contributed by atoms with Crippen LogP contribution in [0.5, 0.6) is 0 Å². The van der Waals surface area contributed by atoms with Gasteiger partial charge in [0.25, 0.3) is 0 Å². The Bertz CT molecular complexity index is 466. The molecule has 1 unspecified atom stereocenters. The van der Waals surface area contributed by atoms with Crippen LogP contribution in [-0.2, 0) is 4.79 Å². The second-order valence-corrected chi connectivity index (χ2v) is 4.50. The Morgan fingerprint density at radius 1 is 1.65 bits per heavy atom. The van der Waals surface area contributed by atoms with E-state index in [-0.39, 0.29) is 17.7 Å². The molecule has 0 bridgehead atoms. The molecule has 7 heteroatoms. The summed E-state index contributed by atoms with van der Waals surface area (Å²) in [5, 5.41) is 0. The molecule has 4 N–H and O–H groups in total. The van der Waals surface area contributed by atoms with Crippen LogP contribution in [0.2, 0.25) is 0 Å². The summed E-state index contributed by atoms with van der Waals surface area (Å²) in [6.45, 7) is 2.63. The summed E-state index contributed by atoms with van der Waals surface area (Å²) in [5.41, 5.74) is 10.1. The minimum Gasteiger partial charge on any atom is -0.369 e. The maximum absolute atomic E-state index is 13.5. The van der Waals surface area contributed by atoms with Crippen LogP contribution in [-0.4, -0.2) is 29.0 Å². The van der Waals surface area contributed by atoms with Crippen molar-refractivity contribution in [2.24, 2.45) is 11.1 Å². The van der Waals surface area contributed by atoms with Gasteiger partial charge in [-0.25, -0.2) is 9.37 Å². The lowest BCUT2D eigenvalue weighted by atomic mass is 9.89. The molecule has 1 atom stereocenters. The van der Waals surface area contributed by atoms with Gasteiger partial charge in [0, 0.05) is 13.1 Å². The number of primary amides is 1. The number of anilines is 2. The van der Waals surface area contributed by atoms with Crippen LogP contribution in [0.4, 0.5) is 16.2 Å². The maximum Gasteiger partial charge on any atom is 0.225 e. The molecule has 1 amide bonds. The van der Waals surface area contributed by atoms with Crippen LogP contribution in [0.15, 0.2) is 6.20 Å². The van der Waals surface area contributed by atoms with Gasteiger partial charge in [-0.1, -0.05) is 0 Å². The van der Waals surface area contributed by atoms with Crippen LogP contribution in [0.25, 0.3) is 0 Å². The third-order valence-electron chi connectivity index (χ3n) is 3.11. The van der Waals surface area contributed by atoms with Crippen molar-refractivity contribution < 1.29 is 9.18 Å². The second-order valence-electron chi connectivity index (χ2n) is 4.50. The van der Waals surface area contributed by atoms with Crippen molar-refractivity contribution in [3.05, 3.63) is 12.0 Å². The zero-order valence-electron chi connectivity index (χ0n) is 9.48. The van der Waals surface area contributed by atoms with Gasteiger partial charge in [0.15, 0.2) is 11.6 Å². The van der Waals surface area contributed by atoms with E-state index >= 15 is 0 Å². The number of nitrogens with zero attached hydrogens (tertiary/aromatic N) is 3. The molecule has 1 aromatic rings. The van der Waals surface area contributed by atoms with Gasteiger partial charge >= 0.3 is 0 Å². The van der Waals surface area contributed by atoms with Gasteiger partial charge in [-0.2, -0.15) is 4.98 Å². The predicted octanol–water partition coefficient (Wildman–Crippen LogP) is -0.100. The lowest BCUT2D eigenvalue weighted by molar-refractivity contribution is -0.125. The number of hydrogen-bond donors (Lipinski definition) is 2. The van der Waals surface area contributed by atoms with Gasteiger partial charge in [-0.15, -0.1) is 0 Å². The molecule has 1 fully saturated rings. The third-order valence-corrected chi connectivity index (χ3v) is 3.11. The van der Waals surface area contributed by atoms with Crippen molar-refractivity contribution in [2.75, 3.05) is 23.7 Å². The van der Waals surface area contributed by atoms with Crippen LogP contribution in [0, 0.1) is 11.2 Å². The van der Waals surface area contributed by atoms with Gasteiger partial charge in [0.2, 0.25) is 11.9 Å². The molecule has 2 heterocycles. The molecule has 0 saturated carbocycles. The van der Waals surface area contributed by atoms with Crippen LogP contribution in [0.3, 0.4) is 0 Å². The predicted molar refractivity (Wildman–Crippen MR) is 60.5 cm³/mol. The number of aromatic nitrogens is 2. The average molecular weight is 239 g/mol. The number of amides is 1. The highest BCUT2D eigenvalue weighted by Gasteiger charge is 2.40. The molecule has 1 aliphatic heterocycles. The standard InChI is InChI=1S/C10H14FN5O/c1-10(8(12)17)2-3-16(5-10)7-6(11)4-14-9(13)15-7/h4H,2-3,5H2,1H3,(H2,12,17)(H2,13,14,15). The minimum atomic E-state index is -0.647. The molecule has 6 nitrogen and oxygen atoms in total. The summed E-state index contributed by atoms with van der Waals surface area (Å²) in [4.78, 5) is 20.4. The highest BCUT2D eigenvalue weighted by atomic mass is 19.1. The number of rotatable bonds is 2. The van der Waals surface area contributed by atoms with Gasteiger partial charge in [0.05, 0.1) is 11.6 Å². The van der Waals surface area contributed by atoms with E-state index in [0.717, 1.165) is 6.20 Å². The number of hydrogen-bond acceptors (Lipinski definition) is 5. The van der Waals surface area contributed by atoms with Gasteiger partial charge < -0.3 is 16.4 Å². The van der Waals surface area contributed by atoms with Crippen molar-refractivity contribution in [3.8, 4) is 0 Å². The van der Waals surface area contributed by atoms with E-state index in [9.17, 15) is 9.18 Å². The first kappa shape index (κ1) is 11.6. The average Bonchev–Trinajstić information content (AvgIpc) is 2.66. The molecular formula is C10H14FN5O. The molecule has 0 spiro atoms. The van der Waals surface area contributed by atoms with E-state index < -0.39 is 11.2 Å². The number of halogens is 1. The minimum absolute atomic E-state index is 0.00841. The summed E-state index contributed by atoms with van der Waals surface area (Å²) >= 11 is 0. The molecule has 1 aromatic heterocycles. The molecule has 92 valence electrons. The Morgan fingerprint density at radius 3 is 2.94 bits per heavy atom. The summed E-state index contributed by atoms with van der Waals surface area (Å²) in [6.07, 6.45) is 1.60. The Balaban J connectivity index is 2.26. The van der Waals surface area contributed by atoms with E-state index in [1.807, 2.05) is 0 Å². The second kappa shape index (κ2) is 3.83. The number of carbonyl (C=O) groups excluding carboxylic acids is 1. The Morgan fingerprint density at radius 2 is 2.35 bits per heavy atom. The topological polar surface area (TPSA) is 98.1 Å². The smallest absolute Gasteiger partial charge is 0.225 e. The maximum atomic E-state index is 13.5. The molecule has 1 saturated heterocycles. The van der Waals surface area contributed by atoms with Gasteiger partial charge in [-0.3, -0.25) is 4.79 Å². The van der Waals surface area contributed by atoms with Crippen molar-refractivity contribution in [1.29, 1.82) is 0 Å². The van der Waals surface area contributed by atoms with E-state index in [1.165, 1.54) is 0 Å². The number of nitrogens with two attached hydrogens (primary N) is 2. The third kappa shape index (κ3) is 2.00. The first-order chi connectivity index (χ1) is 7.92. The van der Waals surface area contributed by atoms with Gasteiger partial charge in [0.1, 0.15) is 0 Å². The van der Waals surface area contributed by atoms with Crippen LogP contribution >= 0.6 is 0 Å². The highest BCUT2D eigenvalue weighted by Crippen LogP contribution is 2.33. The molecule has 0 radical (unpaired) electrons. The molecule has 2 rings (SSSR count). The lowest BCUT2D eigenvalue weighted by Gasteiger charge is -2.21. The number of nitrogen functional groups attached to an aromatic ring is 1. The van der Waals surface area contributed by atoms with Crippen molar-refractivity contribution in [2.45, 2.75) is 13.3 Å². The molecular weight excluding hydrogens is 225 g/mol. The molecule has 0 aliphatic carbocycles. The fourth-order valence-electron chi connectivity index (χ4n) is 1.94. The van der Waals surface area contributed by atoms with E-state index in [4.69, 9.17) is 11.5 Å². The SMILES string of the molecule is CC1(C(N)=O)CCN(c2nc(N)ncc2F)C1. The lowest BCUT2D eigenvalue weighted by Crippen LogP contribution is -2.37. The largest absolute Gasteiger partial charge is 0.369 e. The quantitative estimate of drug-likeness (QED) is 0.751. The fourth-order valence-corrected chi connectivity index (χ4v) is 1.94. The first-order valence-electron chi connectivity index (χ1n) is 5.25. The first-order valence-corrected chi connectivity index (χ1v) is 5.25. The fraction of sp³-hybridized carbons (Fsp3) is 0.500. The van der Waals surface area contributed by atoms with Crippen molar-refractivity contribution in [1.82, 2.24) is 9.97 Å². The van der Waals surface area contributed by atoms with Crippen molar-refractivity contribution >= 4 is 17.7 Å². The Labute approximate surface area is 97.8 Å². The summed E-state index contributed by atoms with van der Waals surface area (Å²) in [7, 11) is 0. The van der Waals surface area contributed by atoms with E-state index in [2.05, 4.69) is 9.97 Å². The number of carbonyl (C=O) groups is 1.